The maximum Gasteiger partial charge on any atom is 0.134 e. The zero-order valence-electron chi connectivity index (χ0n) is 15.8. The van der Waals surface area contributed by atoms with Crippen molar-refractivity contribution in [1.82, 2.24) is 15.0 Å². The number of benzene rings is 1. The van der Waals surface area contributed by atoms with Crippen molar-refractivity contribution >= 4 is 28.9 Å². The highest BCUT2D eigenvalue weighted by molar-refractivity contribution is 6.30. The van der Waals surface area contributed by atoms with Crippen LogP contribution in [0.5, 0.6) is 0 Å². The Kier molecular flexibility index (Phi) is 5.58. The second-order valence-electron chi connectivity index (χ2n) is 6.82. The van der Waals surface area contributed by atoms with Gasteiger partial charge >= 0.3 is 0 Å². The summed E-state index contributed by atoms with van der Waals surface area (Å²) in [6.45, 7) is 6.33. The van der Waals surface area contributed by atoms with Gasteiger partial charge in [0, 0.05) is 61.9 Å². The molecule has 1 fully saturated rings. The second kappa shape index (κ2) is 8.44. The van der Waals surface area contributed by atoms with Crippen LogP contribution in [0.1, 0.15) is 11.4 Å². The average Bonchev–Trinajstić information content (AvgIpc) is 2.73. The molecule has 28 heavy (non-hydrogen) atoms. The molecule has 144 valence electrons. The number of halogens is 1. The van der Waals surface area contributed by atoms with E-state index in [1.165, 1.54) is 11.3 Å². The van der Waals surface area contributed by atoms with Crippen LogP contribution < -0.4 is 15.1 Å². The lowest BCUT2D eigenvalue weighted by Crippen LogP contribution is -2.46. The van der Waals surface area contributed by atoms with E-state index in [2.05, 4.69) is 36.1 Å². The van der Waals surface area contributed by atoms with Crippen LogP contribution in [0.3, 0.4) is 0 Å². The van der Waals surface area contributed by atoms with Gasteiger partial charge in [-0.2, -0.15) is 0 Å². The van der Waals surface area contributed by atoms with Crippen LogP contribution in [-0.2, 0) is 6.54 Å². The van der Waals surface area contributed by atoms with E-state index in [4.69, 9.17) is 11.6 Å². The highest BCUT2D eigenvalue weighted by atomic mass is 35.5. The van der Waals surface area contributed by atoms with Crippen molar-refractivity contribution in [3.05, 3.63) is 71.3 Å². The Balaban J connectivity index is 1.41. The van der Waals surface area contributed by atoms with E-state index in [1.807, 2.05) is 43.3 Å². The Morgan fingerprint density at radius 3 is 2.46 bits per heavy atom. The normalized spacial score (nSPS) is 14.2. The molecule has 0 unspecified atom stereocenters. The first-order chi connectivity index (χ1) is 13.7. The molecule has 2 aromatic heterocycles. The van der Waals surface area contributed by atoms with E-state index in [-0.39, 0.29) is 0 Å². The van der Waals surface area contributed by atoms with Crippen molar-refractivity contribution in [2.24, 2.45) is 0 Å². The molecule has 3 aromatic rings. The van der Waals surface area contributed by atoms with Gasteiger partial charge < -0.3 is 15.1 Å². The molecule has 0 amide bonds. The van der Waals surface area contributed by atoms with Crippen molar-refractivity contribution < 1.29 is 0 Å². The van der Waals surface area contributed by atoms with E-state index in [0.717, 1.165) is 48.7 Å². The quantitative estimate of drug-likeness (QED) is 0.710. The van der Waals surface area contributed by atoms with Gasteiger partial charge in [0.05, 0.1) is 0 Å². The van der Waals surface area contributed by atoms with E-state index in [1.54, 1.807) is 12.4 Å². The summed E-state index contributed by atoms with van der Waals surface area (Å²) in [5.41, 5.74) is 2.34. The fraction of sp³-hybridized carbons (Fsp3) is 0.286. The smallest absolute Gasteiger partial charge is 0.134 e. The average molecular weight is 395 g/mol. The lowest BCUT2D eigenvalue weighted by molar-refractivity contribution is 0.646. The monoisotopic (exact) mass is 394 g/mol. The molecule has 0 saturated carbocycles. The number of anilines is 3. The molecule has 4 rings (SSSR count). The minimum atomic E-state index is 0.709. The predicted molar refractivity (Wildman–Crippen MR) is 114 cm³/mol. The molecular weight excluding hydrogens is 372 g/mol. The van der Waals surface area contributed by atoms with Crippen molar-refractivity contribution in [2.75, 3.05) is 41.3 Å². The third kappa shape index (κ3) is 4.51. The minimum absolute atomic E-state index is 0.709. The SMILES string of the molecule is Cc1nc(NCc2ccncc2)cc(N2CCN(c3cccc(Cl)c3)CC2)n1. The number of rotatable bonds is 5. The van der Waals surface area contributed by atoms with Crippen LogP contribution in [0, 0.1) is 6.92 Å². The van der Waals surface area contributed by atoms with Gasteiger partial charge in [0.15, 0.2) is 0 Å². The fourth-order valence-electron chi connectivity index (χ4n) is 3.36. The fourth-order valence-corrected chi connectivity index (χ4v) is 3.55. The maximum absolute atomic E-state index is 6.13. The zero-order valence-corrected chi connectivity index (χ0v) is 16.6. The van der Waals surface area contributed by atoms with Crippen LogP contribution in [0.15, 0.2) is 54.9 Å². The number of aromatic nitrogens is 3. The molecule has 1 aliphatic heterocycles. The standard InChI is InChI=1S/C21H23ClN6/c1-16-25-20(24-15-17-5-7-23-8-6-17)14-21(26-16)28-11-9-27(10-12-28)19-4-2-3-18(22)13-19/h2-8,13-14H,9-12,15H2,1H3,(H,24,25,26). The van der Waals surface area contributed by atoms with Gasteiger partial charge in [-0.1, -0.05) is 17.7 Å². The first kappa shape index (κ1) is 18.5. The van der Waals surface area contributed by atoms with Crippen molar-refractivity contribution in [3.63, 3.8) is 0 Å². The van der Waals surface area contributed by atoms with E-state index < -0.39 is 0 Å². The molecule has 1 N–H and O–H groups in total. The number of hydrogen-bond donors (Lipinski definition) is 1. The van der Waals surface area contributed by atoms with E-state index >= 15 is 0 Å². The number of nitrogens with zero attached hydrogens (tertiary/aromatic N) is 5. The number of piperazine rings is 1. The van der Waals surface area contributed by atoms with Gasteiger partial charge in [0.25, 0.3) is 0 Å². The number of hydrogen-bond acceptors (Lipinski definition) is 6. The molecule has 6 nitrogen and oxygen atoms in total. The predicted octanol–water partition coefficient (Wildman–Crippen LogP) is 3.77. The molecule has 7 heteroatoms. The van der Waals surface area contributed by atoms with E-state index in [9.17, 15) is 0 Å². The van der Waals surface area contributed by atoms with Gasteiger partial charge in [-0.05, 0) is 42.8 Å². The lowest BCUT2D eigenvalue weighted by atomic mass is 10.2. The van der Waals surface area contributed by atoms with Crippen molar-refractivity contribution in [2.45, 2.75) is 13.5 Å². The number of nitrogens with one attached hydrogen (secondary N) is 1. The van der Waals surface area contributed by atoms with Crippen LogP contribution in [0.25, 0.3) is 0 Å². The summed E-state index contributed by atoms with van der Waals surface area (Å²) < 4.78 is 0. The molecule has 0 aliphatic carbocycles. The minimum Gasteiger partial charge on any atom is -0.368 e. The summed E-state index contributed by atoms with van der Waals surface area (Å²) in [5.74, 6) is 2.58. The lowest BCUT2D eigenvalue weighted by Gasteiger charge is -2.37. The Morgan fingerprint density at radius 2 is 1.71 bits per heavy atom. The van der Waals surface area contributed by atoms with Gasteiger partial charge in [-0.15, -0.1) is 0 Å². The van der Waals surface area contributed by atoms with Crippen LogP contribution in [0.4, 0.5) is 17.3 Å². The first-order valence-electron chi connectivity index (χ1n) is 9.41. The van der Waals surface area contributed by atoms with Gasteiger partial charge in [-0.25, -0.2) is 9.97 Å². The summed E-state index contributed by atoms with van der Waals surface area (Å²) in [6, 6.07) is 14.1. The molecule has 0 atom stereocenters. The summed E-state index contributed by atoms with van der Waals surface area (Å²) >= 11 is 6.13. The largest absolute Gasteiger partial charge is 0.368 e. The Morgan fingerprint density at radius 1 is 0.964 bits per heavy atom. The van der Waals surface area contributed by atoms with E-state index in [0.29, 0.717) is 6.54 Å². The molecular formula is C21H23ClN6. The van der Waals surface area contributed by atoms with Crippen LogP contribution in [-0.4, -0.2) is 41.1 Å². The van der Waals surface area contributed by atoms with Crippen molar-refractivity contribution in [1.29, 1.82) is 0 Å². The summed E-state index contributed by atoms with van der Waals surface area (Å²) in [5, 5.41) is 4.17. The maximum atomic E-state index is 6.13. The number of aryl methyl sites for hydroxylation is 1. The van der Waals surface area contributed by atoms with Gasteiger partial charge in [0.2, 0.25) is 0 Å². The Bertz CT molecular complexity index is 925. The van der Waals surface area contributed by atoms with Crippen molar-refractivity contribution in [3.8, 4) is 0 Å². The van der Waals surface area contributed by atoms with Gasteiger partial charge in [-0.3, -0.25) is 4.98 Å². The molecule has 0 radical (unpaired) electrons. The number of pyridine rings is 1. The van der Waals surface area contributed by atoms with Crippen LogP contribution in [0.2, 0.25) is 5.02 Å². The highest BCUT2D eigenvalue weighted by Crippen LogP contribution is 2.23. The first-order valence-corrected chi connectivity index (χ1v) is 9.79. The summed E-state index contributed by atoms with van der Waals surface area (Å²) in [6.07, 6.45) is 3.60. The molecule has 0 spiro atoms. The van der Waals surface area contributed by atoms with Gasteiger partial charge in [0.1, 0.15) is 17.5 Å². The third-order valence-corrected chi connectivity index (χ3v) is 5.06. The highest BCUT2D eigenvalue weighted by Gasteiger charge is 2.19. The molecule has 1 aliphatic rings. The molecule has 1 aromatic carbocycles. The molecule has 0 bridgehead atoms. The third-order valence-electron chi connectivity index (χ3n) is 4.82. The molecule has 1 saturated heterocycles. The summed E-state index contributed by atoms with van der Waals surface area (Å²) in [4.78, 5) is 17.9. The van der Waals surface area contributed by atoms with Crippen LogP contribution >= 0.6 is 11.6 Å². The summed E-state index contributed by atoms with van der Waals surface area (Å²) in [7, 11) is 0. The Hall–Kier alpha value is -2.86. The second-order valence-corrected chi connectivity index (χ2v) is 7.26. The molecule has 3 heterocycles. The topological polar surface area (TPSA) is 57.2 Å². The Labute approximate surface area is 170 Å². The zero-order chi connectivity index (χ0) is 19.3.